The average Bonchev–Trinajstić information content (AvgIpc) is 3.15. The molecule has 1 atom stereocenters. The quantitative estimate of drug-likeness (QED) is 0.291. The molecule has 0 aliphatic heterocycles. The molecular formula is C20H14Cl2F7N3O3. The average molecular weight is 548 g/mol. The van der Waals surface area contributed by atoms with E-state index in [1.807, 2.05) is 0 Å². The highest BCUT2D eigenvalue weighted by Gasteiger charge is 2.42. The molecule has 0 fully saturated rings. The van der Waals surface area contributed by atoms with E-state index in [1.54, 1.807) is 0 Å². The lowest BCUT2D eigenvalue weighted by Crippen LogP contribution is -2.38. The first kappa shape index (κ1) is 28.2. The number of fused-ring (bicyclic) bond motifs is 1. The number of carbonyl (C=O) groups excluding carboxylic acids is 1. The number of amides is 1. The summed E-state index contributed by atoms with van der Waals surface area (Å²) in [5.74, 6) is -4.31. The highest BCUT2D eigenvalue weighted by Crippen LogP contribution is 2.37. The van der Waals surface area contributed by atoms with Gasteiger partial charge in [0, 0.05) is 22.7 Å². The number of rotatable bonds is 5. The first-order chi connectivity index (χ1) is 16.1. The van der Waals surface area contributed by atoms with Crippen molar-refractivity contribution >= 4 is 51.7 Å². The van der Waals surface area contributed by atoms with E-state index in [4.69, 9.17) is 33.1 Å². The molecule has 3 rings (SSSR count). The Morgan fingerprint density at radius 3 is 2.20 bits per heavy atom. The third-order valence-corrected chi connectivity index (χ3v) is 5.08. The Morgan fingerprint density at radius 1 is 1.03 bits per heavy atom. The summed E-state index contributed by atoms with van der Waals surface area (Å²) >= 11 is 11.8. The number of benzene rings is 2. The molecule has 15 heteroatoms. The fourth-order valence-electron chi connectivity index (χ4n) is 2.78. The second-order valence-electron chi connectivity index (χ2n) is 6.71. The maximum Gasteiger partial charge on any atom is 0.490 e. The molecule has 4 N–H and O–H groups in total. The summed E-state index contributed by atoms with van der Waals surface area (Å²) < 4.78 is 86.5. The lowest BCUT2D eigenvalue weighted by Gasteiger charge is -2.21. The third kappa shape index (κ3) is 7.47. The molecular weight excluding hydrogens is 534 g/mol. The van der Waals surface area contributed by atoms with Gasteiger partial charge in [-0.25, -0.2) is 9.18 Å². The van der Waals surface area contributed by atoms with Gasteiger partial charge in [-0.3, -0.25) is 10.1 Å². The molecule has 1 heterocycles. The van der Waals surface area contributed by atoms with Crippen LogP contribution in [0.5, 0.6) is 0 Å². The van der Waals surface area contributed by atoms with Gasteiger partial charge < -0.3 is 15.4 Å². The smallest absolute Gasteiger partial charge is 0.475 e. The fourth-order valence-corrected chi connectivity index (χ4v) is 3.13. The number of carboxylic acid groups (broad SMARTS) is 1. The lowest BCUT2D eigenvalue weighted by molar-refractivity contribution is -0.192. The molecule has 0 aliphatic rings. The lowest BCUT2D eigenvalue weighted by atomic mass is 10.0. The summed E-state index contributed by atoms with van der Waals surface area (Å²) in [7, 11) is 0. The van der Waals surface area contributed by atoms with Crippen LogP contribution in [0.15, 0.2) is 42.6 Å². The highest BCUT2D eigenvalue weighted by molar-refractivity contribution is 6.44. The molecule has 0 bridgehead atoms. The van der Waals surface area contributed by atoms with Gasteiger partial charge in [0.25, 0.3) is 0 Å². The number of carboxylic acids is 1. The summed E-state index contributed by atoms with van der Waals surface area (Å²) in [4.78, 5) is 23.6. The predicted molar refractivity (Wildman–Crippen MR) is 114 cm³/mol. The fraction of sp³-hybridized carbons (Fsp3) is 0.200. The molecule has 0 spiro atoms. The molecule has 6 nitrogen and oxygen atoms in total. The minimum Gasteiger partial charge on any atom is -0.475 e. The van der Waals surface area contributed by atoms with Crippen LogP contribution in [0.1, 0.15) is 11.6 Å². The van der Waals surface area contributed by atoms with Crippen molar-refractivity contribution in [3.63, 3.8) is 0 Å². The van der Waals surface area contributed by atoms with Gasteiger partial charge >= 0.3 is 18.3 Å². The molecule has 1 amide bonds. The van der Waals surface area contributed by atoms with E-state index in [1.165, 1.54) is 30.3 Å². The topological polar surface area (TPSA) is 94.2 Å². The van der Waals surface area contributed by atoms with Gasteiger partial charge in [-0.05, 0) is 24.3 Å². The van der Waals surface area contributed by atoms with Gasteiger partial charge in [0.15, 0.2) is 0 Å². The standard InChI is InChI=1S/C18H13Cl2F4N3O.C2HF3O2/c19-10-3-1-6-13(16(10)20)27-14(28)8-26-17(18(22,23)24)9-7-25-12-5-2-4-11(21)15(9)12;3-2(4,5)1(6)7/h1-7,17,25-26H,8H2,(H,27,28);(H,6,7). The van der Waals surface area contributed by atoms with Gasteiger partial charge in [-0.1, -0.05) is 35.3 Å². The number of carbonyl (C=O) groups is 2. The van der Waals surface area contributed by atoms with E-state index in [2.05, 4.69) is 15.6 Å². The van der Waals surface area contributed by atoms with Crippen molar-refractivity contribution < 1.29 is 45.4 Å². The second kappa shape index (κ2) is 11.1. The molecule has 190 valence electrons. The number of alkyl halides is 6. The van der Waals surface area contributed by atoms with E-state index >= 15 is 0 Å². The number of aromatic nitrogens is 1. The van der Waals surface area contributed by atoms with Crippen LogP contribution in [0.4, 0.5) is 36.4 Å². The van der Waals surface area contributed by atoms with Gasteiger partial charge in [-0.2, -0.15) is 26.3 Å². The molecule has 0 saturated heterocycles. The van der Waals surface area contributed by atoms with Crippen LogP contribution in [0.3, 0.4) is 0 Å². The van der Waals surface area contributed by atoms with Crippen LogP contribution in [0, 0.1) is 5.82 Å². The van der Waals surface area contributed by atoms with E-state index in [-0.39, 0.29) is 32.2 Å². The van der Waals surface area contributed by atoms with Gasteiger partial charge in [0.2, 0.25) is 5.91 Å². The zero-order valence-electron chi connectivity index (χ0n) is 17.0. The largest absolute Gasteiger partial charge is 0.490 e. The highest BCUT2D eigenvalue weighted by atomic mass is 35.5. The Kier molecular flexibility index (Phi) is 8.98. The molecule has 2 aromatic carbocycles. The molecule has 0 radical (unpaired) electrons. The number of nitrogens with one attached hydrogen (secondary N) is 3. The van der Waals surface area contributed by atoms with Crippen LogP contribution in [-0.4, -0.2) is 40.9 Å². The number of hydrogen-bond donors (Lipinski definition) is 4. The molecule has 0 aliphatic carbocycles. The maximum atomic E-state index is 14.1. The summed E-state index contributed by atoms with van der Waals surface area (Å²) in [5.41, 5.74) is 0.0538. The summed E-state index contributed by atoms with van der Waals surface area (Å²) in [6.45, 7) is -0.686. The Balaban J connectivity index is 0.000000540. The Hall–Kier alpha value is -3.03. The van der Waals surface area contributed by atoms with E-state index in [9.17, 15) is 35.5 Å². The van der Waals surface area contributed by atoms with Crippen molar-refractivity contribution in [2.45, 2.75) is 18.4 Å². The number of hydrogen-bond acceptors (Lipinski definition) is 3. The molecule has 1 unspecified atom stereocenters. The molecule has 0 saturated carbocycles. The summed E-state index contributed by atoms with van der Waals surface area (Å²) in [5, 5.41) is 11.7. The van der Waals surface area contributed by atoms with Crippen LogP contribution < -0.4 is 10.6 Å². The summed E-state index contributed by atoms with van der Waals surface area (Å²) in [6, 6.07) is 6.16. The van der Waals surface area contributed by atoms with Crippen molar-refractivity contribution in [2.24, 2.45) is 0 Å². The van der Waals surface area contributed by atoms with E-state index in [0.29, 0.717) is 0 Å². The SMILES string of the molecule is O=C(CNC(c1c[nH]c2cccc(F)c12)C(F)(F)F)Nc1cccc(Cl)c1Cl.O=C(O)C(F)(F)F. The number of anilines is 1. The predicted octanol–water partition coefficient (Wildman–Crippen LogP) is 6.08. The minimum atomic E-state index is -5.08. The minimum absolute atomic E-state index is 0.0728. The molecule has 35 heavy (non-hydrogen) atoms. The second-order valence-corrected chi connectivity index (χ2v) is 7.50. The van der Waals surface area contributed by atoms with Crippen LogP contribution >= 0.6 is 23.2 Å². The van der Waals surface area contributed by atoms with E-state index in [0.717, 1.165) is 12.3 Å². The number of aromatic amines is 1. The maximum absolute atomic E-state index is 14.1. The third-order valence-electron chi connectivity index (χ3n) is 4.26. The Labute approximate surface area is 202 Å². The van der Waals surface area contributed by atoms with Crippen molar-refractivity contribution in [2.75, 3.05) is 11.9 Å². The van der Waals surface area contributed by atoms with Crippen molar-refractivity contribution in [3.05, 3.63) is 64.0 Å². The number of aliphatic carboxylic acids is 1. The van der Waals surface area contributed by atoms with Gasteiger partial charge in [0.1, 0.15) is 11.9 Å². The zero-order valence-corrected chi connectivity index (χ0v) is 18.5. The summed E-state index contributed by atoms with van der Waals surface area (Å²) in [6.07, 6.45) is -8.77. The molecule has 3 aromatic rings. The molecule has 1 aromatic heterocycles. The monoisotopic (exact) mass is 547 g/mol. The van der Waals surface area contributed by atoms with Crippen molar-refractivity contribution in [1.29, 1.82) is 0 Å². The Bertz CT molecular complexity index is 1210. The first-order valence-electron chi connectivity index (χ1n) is 9.22. The normalized spacial score (nSPS) is 12.6. The first-order valence-corrected chi connectivity index (χ1v) is 9.98. The van der Waals surface area contributed by atoms with Crippen LogP contribution in [0.25, 0.3) is 10.9 Å². The van der Waals surface area contributed by atoms with Crippen molar-refractivity contribution in [1.82, 2.24) is 10.3 Å². The number of halogens is 9. The van der Waals surface area contributed by atoms with Crippen molar-refractivity contribution in [3.8, 4) is 0 Å². The van der Waals surface area contributed by atoms with Crippen LogP contribution in [0.2, 0.25) is 10.0 Å². The Morgan fingerprint density at radius 2 is 1.63 bits per heavy atom. The van der Waals surface area contributed by atoms with Gasteiger partial charge in [-0.15, -0.1) is 0 Å². The van der Waals surface area contributed by atoms with Gasteiger partial charge in [0.05, 0.1) is 22.3 Å². The van der Waals surface area contributed by atoms with Crippen LogP contribution in [-0.2, 0) is 9.59 Å². The van der Waals surface area contributed by atoms with E-state index < -0.39 is 42.6 Å². The zero-order chi connectivity index (χ0) is 26.6. The number of H-pyrrole nitrogens is 1.